The van der Waals surface area contributed by atoms with Crippen molar-refractivity contribution in [1.29, 1.82) is 0 Å². The van der Waals surface area contributed by atoms with Gasteiger partial charge in [-0.05, 0) is 31.2 Å². The van der Waals surface area contributed by atoms with Gasteiger partial charge in [-0.15, -0.1) is 11.8 Å². The first-order valence-electron chi connectivity index (χ1n) is 6.17. The van der Waals surface area contributed by atoms with Gasteiger partial charge in [-0.25, -0.2) is 9.97 Å². The minimum Gasteiger partial charge on any atom is -0.249 e. The molecule has 0 fully saturated rings. The highest BCUT2D eigenvalue weighted by molar-refractivity contribution is 7.99. The molecule has 0 spiro atoms. The fraction of sp³-hybridized carbons (Fsp3) is 0.429. The maximum atomic E-state index is 4.67. The summed E-state index contributed by atoms with van der Waals surface area (Å²) in [5, 5.41) is 1.08. The Bertz CT molecular complexity index is 497. The van der Waals surface area contributed by atoms with E-state index in [1.807, 2.05) is 43.0 Å². The fourth-order valence-corrected chi connectivity index (χ4v) is 2.69. The molecule has 1 aromatic carbocycles. The summed E-state index contributed by atoms with van der Waals surface area (Å²) >= 11 is 1.83. The predicted molar refractivity (Wildman–Crippen MR) is 74.5 cm³/mol. The molecule has 0 amide bonds. The van der Waals surface area contributed by atoms with E-state index >= 15 is 0 Å². The van der Waals surface area contributed by atoms with Crippen molar-refractivity contribution in [1.82, 2.24) is 9.97 Å². The quantitative estimate of drug-likeness (QED) is 0.583. The van der Waals surface area contributed by atoms with E-state index < -0.39 is 0 Å². The summed E-state index contributed by atoms with van der Waals surface area (Å²) < 4.78 is 0. The number of aromatic nitrogens is 2. The van der Waals surface area contributed by atoms with Crippen LogP contribution in [0, 0.1) is 6.92 Å². The van der Waals surface area contributed by atoms with Gasteiger partial charge in [0, 0.05) is 0 Å². The molecule has 2 nitrogen and oxygen atoms in total. The maximum absolute atomic E-state index is 4.67. The van der Waals surface area contributed by atoms with Crippen molar-refractivity contribution in [3.05, 3.63) is 30.0 Å². The SMILES string of the molecule is CCCCCSc1nc2ccccc2nc1C. The van der Waals surface area contributed by atoms with Crippen LogP contribution in [0.1, 0.15) is 31.9 Å². The molecule has 0 radical (unpaired) electrons. The zero-order valence-electron chi connectivity index (χ0n) is 10.4. The van der Waals surface area contributed by atoms with Gasteiger partial charge in [0.05, 0.1) is 16.7 Å². The summed E-state index contributed by atoms with van der Waals surface area (Å²) in [4.78, 5) is 9.26. The Morgan fingerprint density at radius 3 is 2.47 bits per heavy atom. The summed E-state index contributed by atoms with van der Waals surface area (Å²) in [5.41, 5.74) is 3.03. The molecule has 0 saturated heterocycles. The molecule has 2 aromatic rings. The number of benzene rings is 1. The highest BCUT2D eigenvalue weighted by Gasteiger charge is 2.04. The third-order valence-electron chi connectivity index (χ3n) is 2.69. The van der Waals surface area contributed by atoms with Crippen LogP contribution in [0.4, 0.5) is 0 Å². The molecule has 0 aliphatic rings. The van der Waals surface area contributed by atoms with Crippen LogP contribution < -0.4 is 0 Å². The molecule has 17 heavy (non-hydrogen) atoms. The minimum absolute atomic E-state index is 0.989. The molecule has 0 atom stereocenters. The van der Waals surface area contributed by atoms with E-state index in [2.05, 4.69) is 16.9 Å². The summed E-state index contributed by atoms with van der Waals surface area (Å²) in [6.45, 7) is 4.27. The number of aryl methyl sites for hydroxylation is 1. The maximum Gasteiger partial charge on any atom is 0.118 e. The van der Waals surface area contributed by atoms with E-state index in [1.54, 1.807) is 0 Å². The number of para-hydroxylation sites is 2. The lowest BCUT2D eigenvalue weighted by Gasteiger charge is -2.05. The van der Waals surface area contributed by atoms with Gasteiger partial charge >= 0.3 is 0 Å². The number of hydrogen-bond acceptors (Lipinski definition) is 3. The highest BCUT2D eigenvalue weighted by atomic mass is 32.2. The van der Waals surface area contributed by atoms with Crippen molar-refractivity contribution >= 4 is 22.8 Å². The molecular weight excluding hydrogens is 228 g/mol. The number of unbranched alkanes of at least 4 members (excludes halogenated alkanes) is 2. The second-order valence-electron chi connectivity index (χ2n) is 4.16. The summed E-state index contributed by atoms with van der Waals surface area (Å²) in [5.74, 6) is 1.14. The average Bonchev–Trinajstić information content (AvgIpc) is 2.35. The number of hydrogen-bond donors (Lipinski definition) is 0. The van der Waals surface area contributed by atoms with Crippen molar-refractivity contribution in [3.8, 4) is 0 Å². The molecule has 0 aliphatic carbocycles. The highest BCUT2D eigenvalue weighted by Crippen LogP contribution is 2.22. The molecule has 0 N–H and O–H groups in total. The number of rotatable bonds is 5. The monoisotopic (exact) mass is 246 g/mol. The van der Waals surface area contributed by atoms with Gasteiger partial charge in [-0.1, -0.05) is 31.9 Å². The predicted octanol–water partition coefficient (Wildman–Crippen LogP) is 4.22. The van der Waals surface area contributed by atoms with E-state index in [0.717, 1.165) is 27.5 Å². The number of fused-ring (bicyclic) bond motifs is 1. The fourth-order valence-electron chi connectivity index (χ4n) is 1.73. The first-order valence-corrected chi connectivity index (χ1v) is 7.16. The Morgan fingerprint density at radius 1 is 1.06 bits per heavy atom. The lowest BCUT2D eigenvalue weighted by atomic mass is 10.3. The Balaban J connectivity index is 2.14. The topological polar surface area (TPSA) is 25.8 Å². The van der Waals surface area contributed by atoms with Gasteiger partial charge in [0.1, 0.15) is 5.03 Å². The van der Waals surface area contributed by atoms with Crippen molar-refractivity contribution in [2.24, 2.45) is 0 Å². The van der Waals surface area contributed by atoms with Gasteiger partial charge in [0.2, 0.25) is 0 Å². The van der Waals surface area contributed by atoms with Gasteiger partial charge in [0.15, 0.2) is 0 Å². The van der Waals surface area contributed by atoms with Gasteiger partial charge in [0.25, 0.3) is 0 Å². The Hall–Kier alpha value is -1.09. The zero-order valence-corrected chi connectivity index (χ0v) is 11.3. The van der Waals surface area contributed by atoms with Crippen LogP contribution in [0.5, 0.6) is 0 Å². The average molecular weight is 246 g/mol. The molecule has 0 aliphatic heterocycles. The van der Waals surface area contributed by atoms with Gasteiger partial charge in [-0.3, -0.25) is 0 Å². The molecule has 3 heteroatoms. The standard InChI is InChI=1S/C14H18N2S/c1-3-4-7-10-17-14-11(2)15-12-8-5-6-9-13(12)16-14/h5-6,8-9H,3-4,7,10H2,1-2H3. The van der Waals surface area contributed by atoms with E-state index in [0.29, 0.717) is 0 Å². The molecule has 90 valence electrons. The summed E-state index contributed by atoms with van der Waals surface area (Å²) in [6.07, 6.45) is 3.82. The van der Waals surface area contributed by atoms with E-state index in [9.17, 15) is 0 Å². The first-order chi connectivity index (χ1) is 8.31. The van der Waals surface area contributed by atoms with E-state index in [-0.39, 0.29) is 0 Å². The Kier molecular flexibility index (Phi) is 4.37. The molecule has 0 bridgehead atoms. The third-order valence-corrected chi connectivity index (χ3v) is 3.84. The van der Waals surface area contributed by atoms with Crippen LogP contribution in [0.25, 0.3) is 11.0 Å². The van der Waals surface area contributed by atoms with Crippen molar-refractivity contribution in [2.45, 2.75) is 38.1 Å². The Morgan fingerprint density at radius 2 is 1.76 bits per heavy atom. The van der Waals surface area contributed by atoms with E-state index in [1.165, 1.54) is 19.3 Å². The molecule has 1 heterocycles. The molecule has 1 aromatic heterocycles. The van der Waals surface area contributed by atoms with Crippen LogP contribution in [0.2, 0.25) is 0 Å². The molecule has 0 unspecified atom stereocenters. The number of thioether (sulfide) groups is 1. The first kappa shape index (κ1) is 12.4. The van der Waals surface area contributed by atoms with Crippen LogP contribution in [0.3, 0.4) is 0 Å². The number of nitrogens with zero attached hydrogens (tertiary/aromatic N) is 2. The van der Waals surface area contributed by atoms with Gasteiger partial charge in [-0.2, -0.15) is 0 Å². The van der Waals surface area contributed by atoms with Crippen LogP contribution in [-0.2, 0) is 0 Å². The zero-order chi connectivity index (χ0) is 12.1. The lowest BCUT2D eigenvalue weighted by molar-refractivity contribution is 0.778. The van der Waals surface area contributed by atoms with Crippen LogP contribution in [0.15, 0.2) is 29.3 Å². The lowest BCUT2D eigenvalue weighted by Crippen LogP contribution is -1.93. The largest absolute Gasteiger partial charge is 0.249 e. The van der Waals surface area contributed by atoms with Crippen molar-refractivity contribution < 1.29 is 0 Å². The minimum atomic E-state index is 0.989. The molecule has 0 saturated carbocycles. The second kappa shape index (κ2) is 6.01. The molecule has 2 rings (SSSR count). The van der Waals surface area contributed by atoms with E-state index in [4.69, 9.17) is 0 Å². The van der Waals surface area contributed by atoms with Crippen molar-refractivity contribution in [3.63, 3.8) is 0 Å². The normalized spacial score (nSPS) is 10.9. The second-order valence-corrected chi connectivity index (χ2v) is 5.24. The van der Waals surface area contributed by atoms with Crippen LogP contribution >= 0.6 is 11.8 Å². The van der Waals surface area contributed by atoms with Crippen LogP contribution in [-0.4, -0.2) is 15.7 Å². The van der Waals surface area contributed by atoms with Crippen molar-refractivity contribution in [2.75, 3.05) is 5.75 Å². The third kappa shape index (κ3) is 3.19. The summed E-state index contributed by atoms with van der Waals surface area (Å²) in [7, 11) is 0. The van der Waals surface area contributed by atoms with Gasteiger partial charge < -0.3 is 0 Å². The summed E-state index contributed by atoms with van der Waals surface area (Å²) in [6, 6.07) is 8.06. The smallest absolute Gasteiger partial charge is 0.118 e. The molecular formula is C14H18N2S. The Labute approximate surface area is 107 Å².